The van der Waals surface area contributed by atoms with Crippen LogP contribution in [0.5, 0.6) is 0 Å². The second kappa shape index (κ2) is 6.19. The van der Waals surface area contributed by atoms with Crippen LogP contribution in [0, 0.1) is 6.92 Å². The Kier molecular flexibility index (Phi) is 4.34. The number of nitrogens with one attached hydrogen (secondary N) is 1. The number of pyridine rings is 1. The average Bonchev–Trinajstić information content (AvgIpc) is 2.81. The third kappa shape index (κ3) is 2.88. The van der Waals surface area contributed by atoms with Gasteiger partial charge in [0.1, 0.15) is 5.82 Å². The number of anilines is 1. The Morgan fingerprint density at radius 2 is 2.11 bits per heavy atom. The van der Waals surface area contributed by atoms with Crippen LogP contribution in [0.15, 0.2) is 30.7 Å². The molecule has 96 valence electrons. The topological polar surface area (TPSA) is 42.7 Å². The van der Waals surface area contributed by atoms with E-state index in [0.29, 0.717) is 0 Å². The van der Waals surface area contributed by atoms with E-state index in [2.05, 4.69) is 28.3 Å². The van der Waals surface area contributed by atoms with Crippen molar-refractivity contribution < 1.29 is 0 Å². The number of hydrogen-bond donors (Lipinski definition) is 1. The normalized spacial score (nSPS) is 10.6. The molecule has 0 bridgehead atoms. The minimum Gasteiger partial charge on any atom is -0.382 e. The molecule has 4 nitrogen and oxygen atoms in total. The molecule has 0 saturated carbocycles. The van der Waals surface area contributed by atoms with Crippen molar-refractivity contribution in [1.29, 1.82) is 0 Å². The summed E-state index contributed by atoms with van der Waals surface area (Å²) in [5.41, 5.74) is 1.06. The van der Waals surface area contributed by atoms with Crippen LogP contribution in [0.2, 0.25) is 0 Å². The monoisotopic (exact) mass is 244 g/mol. The highest BCUT2D eigenvalue weighted by Crippen LogP contribution is 2.18. The molecule has 0 aromatic carbocycles. The zero-order chi connectivity index (χ0) is 12.8. The Bertz CT molecular complexity index is 490. The molecule has 2 rings (SSSR count). The van der Waals surface area contributed by atoms with E-state index in [1.165, 1.54) is 19.3 Å². The molecule has 0 radical (unpaired) electrons. The first-order valence-electron chi connectivity index (χ1n) is 6.52. The predicted octanol–water partition coefficient (Wildman–Crippen LogP) is 3.18. The Morgan fingerprint density at radius 1 is 1.22 bits per heavy atom. The van der Waals surface area contributed by atoms with Gasteiger partial charge < -0.3 is 5.32 Å². The van der Waals surface area contributed by atoms with Crippen molar-refractivity contribution in [2.45, 2.75) is 33.1 Å². The molecule has 0 unspecified atom stereocenters. The fourth-order valence-corrected chi connectivity index (χ4v) is 1.93. The van der Waals surface area contributed by atoms with Gasteiger partial charge in [-0.3, -0.25) is 4.57 Å². The highest BCUT2D eigenvalue weighted by atomic mass is 15.1. The van der Waals surface area contributed by atoms with Crippen molar-refractivity contribution in [2.75, 3.05) is 11.9 Å². The highest BCUT2D eigenvalue weighted by Gasteiger charge is 2.06. The summed E-state index contributed by atoms with van der Waals surface area (Å²) in [6.07, 6.45) is 9.23. The summed E-state index contributed by atoms with van der Waals surface area (Å²) in [6.45, 7) is 5.18. The van der Waals surface area contributed by atoms with Crippen molar-refractivity contribution in [2.24, 2.45) is 0 Å². The Balaban J connectivity index is 2.13. The first kappa shape index (κ1) is 12.6. The highest BCUT2D eigenvalue weighted by molar-refractivity contribution is 5.56. The lowest BCUT2D eigenvalue weighted by Crippen LogP contribution is -2.07. The van der Waals surface area contributed by atoms with Gasteiger partial charge in [0.05, 0.1) is 5.69 Å². The van der Waals surface area contributed by atoms with E-state index in [9.17, 15) is 0 Å². The molecular weight excluding hydrogens is 224 g/mol. The van der Waals surface area contributed by atoms with Gasteiger partial charge in [0.25, 0.3) is 0 Å². The maximum atomic E-state index is 4.44. The van der Waals surface area contributed by atoms with E-state index in [0.717, 1.165) is 23.9 Å². The number of aryl methyl sites for hydroxylation is 1. The summed E-state index contributed by atoms with van der Waals surface area (Å²) in [6, 6.07) is 4.02. The van der Waals surface area contributed by atoms with Crippen LogP contribution < -0.4 is 5.32 Å². The number of rotatable bonds is 6. The Hall–Kier alpha value is -1.84. The minimum atomic E-state index is 0.920. The van der Waals surface area contributed by atoms with Crippen LogP contribution in [-0.4, -0.2) is 21.1 Å². The van der Waals surface area contributed by atoms with Crippen molar-refractivity contribution in [1.82, 2.24) is 14.5 Å². The molecule has 0 aliphatic rings. The largest absolute Gasteiger partial charge is 0.382 e. The summed E-state index contributed by atoms with van der Waals surface area (Å²) in [7, 11) is 0. The van der Waals surface area contributed by atoms with E-state index >= 15 is 0 Å². The first-order chi connectivity index (χ1) is 8.83. The number of aromatic nitrogens is 3. The number of unbranched alkanes of at least 4 members (excludes halogenated alkanes) is 2. The van der Waals surface area contributed by atoms with Crippen molar-refractivity contribution in [3.63, 3.8) is 0 Å². The predicted molar refractivity (Wildman–Crippen MR) is 74.1 cm³/mol. The molecule has 0 amide bonds. The molecular formula is C14H20N4. The molecule has 0 aliphatic carbocycles. The van der Waals surface area contributed by atoms with Crippen LogP contribution in [-0.2, 0) is 0 Å². The fourth-order valence-electron chi connectivity index (χ4n) is 1.93. The summed E-state index contributed by atoms with van der Waals surface area (Å²) >= 11 is 0. The molecule has 1 N–H and O–H groups in total. The zero-order valence-electron chi connectivity index (χ0n) is 11.1. The van der Waals surface area contributed by atoms with Crippen LogP contribution in [0.3, 0.4) is 0 Å². The molecule has 0 fully saturated rings. The molecule has 2 aromatic heterocycles. The van der Waals surface area contributed by atoms with Gasteiger partial charge in [0.15, 0.2) is 5.82 Å². The summed E-state index contributed by atoms with van der Waals surface area (Å²) in [5.74, 6) is 1.87. The van der Waals surface area contributed by atoms with Crippen molar-refractivity contribution in [3.8, 4) is 5.82 Å². The summed E-state index contributed by atoms with van der Waals surface area (Å²) in [5, 5.41) is 3.45. The van der Waals surface area contributed by atoms with E-state index in [1.54, 1.807) is 6.20 Å². The fraction of sp³-hybridized carbons (Fsp3) is 0.429. The first-order valence-corrected chi connectivity index (χ1v) is 6.52. The van der Waals surface area contributed by atoms with Gasteiger partial charge in [-0.2, -0.15) is 0 Å². The van der Waals surface area contributed by atoms with Gasteiger partial charge in [-0.15, -0.1) is 0 Å². The SMILES string of the molecule is CCCCCNc1cccnc1-n1ccnc1C. The molecule has 0 aliphatic heterocycles. The third-order valence-corrected chi connectivity index (χ3v) is 2.94. The van der Waals surface area contributed by atoms with Crippen LogP contribution in [0.4, 0.5) is 5.69 Å². The van der Waals surface area contributed by atoms with Gasteiger partial charge >= 0.3 is 0 Å². The lowest BCUT2D eigenvalue weighted by atomic mass is 10.2. The lowest BCUT2D eigenvalue weighted by Gasteiger charge is -2.12. The zero-order valence-corrected chi connectivity index (χ0v) is 11.1. The van der Waals surface area contributed by atoms with Gasteiger partial charge in [-0.05, 0) is 25.5 Å². The molecule has 2 aromatic rings. The van der Waals surface area contributed by atoms with Gasteiger partial charge in [-0.1, -0.05) is 19.8 Å². The lowest BCUT2D eigenvalue weighted by molar-refractivity contribution is 0.743. The van der Waals surface area contributed by atoms with E-state index in [-0.39, 0.29) is 0 Å². The van der Waals surface area contributed by atoms with E-state index in [1.807, 2.05) is 30.0 Å². The number of nitrogens with zero attached hydrogens (tertiary/aromatic N) is 3. The maximum Gasteiger partial charge on any atom is 0.161 e. The Labute approximate surface area is 108 Å². The molecule has 18 heavy (non-hydrogen) atoms. The standard InChI is InChI=1S/C14H20N4/c1-3-4-5-8-16-13-7-6-9-17-14(13)18-11-10-15-12(18)2/h6-7,9-11,16H,3-5,8H2,1-2H3. The summed E-state index contributed by atoms with van der Waals surface area (Å²) < 4.78 is 2.00. The van der Waals surface area contributed by atoms with Gasteiger partial charge in [0, 0.05) is 25.1 Å². The van der Waals surface area contributed by atoms with Gasteiger partial charge in [0.2, 0.25) is 0 Å². The van der Waals surface area contributed by atoms with Crippen LogP contribution in [0.1, 0.15) is 32.0 Å². The molecule has 0 atom stereocenters. The number of imidazole rings is 1. The molecule has 4 heteroatoms. The molecule has 0 spiro atoms. The quantitative estimate of drug-likeness (QED) is 0.794. The van der Waals surface area contributed by atoms with E-state index in [4.69, 9.17) is 0 Å². The second-order valence-electron chi connectivity index (χ2n) is 4.35. The minimum absolute atomic E-state index is 0.920. The maximum absolute atomic E-state index is 4.44. The average molecular weight is 244 g/mol. The van der Waals surface area contributed by atoms with Crippen LogP contribution >= 0.6 is 0 Å². The molecule has 2 heterocycles. The van der Waals surface area contributed by atoms with Crippen molar-refractivity contribution in [3.05, 3.63) is 36.5 Å². The van der Waals surface area contributed by atoms with Crippen LogP contribution in [0.25, 0.3) is 5.82 Å². The summed E-state index contributed by atoms with van der Waals surface area (Å²) in [4.78, 5) is 8.68. The Morgan fingerprint density at radius 3 is 2.83 bits per heavy atom. The molecule has 0 saturated heterocycles. The van der Waals surface area contributed by atoms with Crippen molar-refractivity contribution >= 4 is 5.69 Å². The third-order valence-electron chi connectivity index (χ3n) is 2.94. The second-order valence-corrected chi connectivity index (χ2v) is 4.35. The number of hydrogen-bond acceptors (Lipinski definition) is 3. The smallest absolute Gasteiger partial charge is 0.161 e. The van der Waals surface area contributed by atoms with Gasteiger partial charge in [-0.25, -0.2) is 9.97 Å². The van der Waals surface area contributed by atoms with E-state index < -0.39 is 0 Å².